The van der Waals surface area contributed by atoms with E-state index in [0.717, 1.165) is 11.1 Å². The third-order valence-electron chi connectivity index (χ3n) is 4.95. The van der Waals surface area contributed by atoms with Crippen molar-refractivity contribution in [1.82, 2.24) is 19.6 Å². The number of nitrogens with one attached hydrogen (secondary N) is 2. The normalized spacial score (nSPS) is 11.0. The third-order valence-corrected chi connectivity index (χ3v) is 4.95. The van der Waals surface area contributed by atoms with Gasteiger partial charge < -0.3 is 5.32 Å². The van der Waals surface area contributed by atoms with Gasteiger partial charge in [0.25, 0.3) is 5.91 Å². The van der Waals surface area contributed by atoms with Crippen molar-refractivity contribution in [2.75, 3.05) is 5.32 Å². The predicted octanol–water partition coefficient (Wildman–Crippen LogP) is 4.92. The molecule has 0 aliphatic heterocycles. The van der Waals surface area contributed by atoms with Crippen LogP contribution >= 0.6 is 0 Å². The lowest BCUT2D eigenvalue weighted by molar-refractivity contribution is 0.102. The molecule has 0 aliphatic rings. The molecule has 152 valence electrons. The zero-order valence-electron chi connectivity index (χ0n) is 16.0. The van der Waals surface area contributed by atoms with Crippen LogP contribution in [0.15, 0.2) is 79.4 Å². The number of aromatic amines is 1. The summed E-state index contributed by atoms with van der Waals surface area (Å²) in [5, 5.41) is 9.30. The van der Waals surface area contributed by atoms with Gasteiger partial charge in [-0.3, -0.25) is 14.3 Å². The summed E-state index contributed by atoms with van der Waals surface area (Å²) in [6.07, 6.45) is 7.05. The Bertz CT molecular complexity index is 1390. The molecule has 1 amide bonds. The number of aromatic nitrogens is 4. The first-order chi connectivity index (χ1) is 15.1. The predicted molar refractivity (Wildman–Crippen MR) is 113 cm³/mol. The van der Waals surface area contributed by atoms with Crippen LogP contribution < -0.4 is 5.32 Å². The molecule has 0 fully saturated rings. The number of carbonyl (C=O) groups excluding carboxylic acids is 1. The minimum absolute atomic E-state index is 0.110. The third kappa shape index (κ3) is 3.55. The van der Waals surface area contributed by atoms with Crippen molar-refractivity contribution in [2.45, 2.75) is 0 Å². The maximum atomic E-state index is 14.8. The lowest BCUT2D eigenvalue weighted by Crippen LogP contribution is -2.13. The quantitative estimate of drug-likeness (QED) is 0.437. The van der Waals surface area contributed by atoms with E-state index >= 15 is 0 Å². The van der Waals surface area contributed by atoms with Crippen LogP contribution in [0.1, 0.15) is 10.4 Å². The molecule has 0 unspecified atom stereocenters. The van der Waals surface area contributed by atoms with Crippen molar-refractivity contribution in [2.24, 2.45) is 0 Å². The highest BCUT2D eigenvalue weighted by Gasteiger charge is 2.15. The summed E-state index contributed by atoms with van der Waals surface area (Å²) in [5.41, 5.74) is 4.08. The van der Waals surface area contributed by atoms with E-state index in [9.17, 15) is 13.6 Å². The van der Waals surface area contributed by atoms with Crippen LogP contribution in [-0.4, -0.2) is 25.5 Å². The van der Waals surface area contributed by atoms with E-state index < -0.39 is 17.5 Å². The van der Waals surface area contributed by atoms with Gasteiger partial charge in [0, 0.05) is 34.8 Å². The number of hydrogen-bond donors (Lipinski definition) is 2. The monoisotopic (exact) mass is 415 g/mol. The van der Waals surface area contributed by atoms with Gasteiger partial charge in [-0.05, 0) is 48.5 Å². The molecule has 5 aromatic rings. The van der Waals surface area contributed by atoms with Crippen molar-refractivity contribution in [3.05, 3.63) is 96.6 Å². The SMILES string of the molecule is O=C(Nc1ccc(F)cc1)c1ccc(-c2cnc3ccc(-c4cn[nH]c4)cn23)cc1F. The average Bonchev–Trinajstić information content (AvgIpc) is 3.45. The maximum absolute atomic E-state index is 14.8. The standard InChI is InChI=1S/C23H15F2N5O/c24-17-3-5-18(6-4-17)29-23(31)19-7-1-14(9-20(19)25)21-12-26-22-8-2-15(13-30(21)22)16-10-27-28-11-16/h1-13H,(H,27,28)(H,29,31). The Kier molecular flexibility index (Phi) is 4.51. The molecular weight excluding hydrogens is 400 g/mol. The van der Waals surface area contributed by atoms with Gasteiger partial charge in [-0.25, -0.2) is 13.8 Å². The van der Waals surface area contributed by atoms with E-state index in [0.29, 0.717) is 22.6 Å². The molecule has 31 heavy (non-hydrogen) atoms. The molecule has 5 rings (SSSR count). The van der Waals surface area contributed by atoms with Gasteiger partial charge in [0.1, 0.15) is 17.3 Å². The molecule has 6 nitrogen and oxygen atoms in total. The summed E-state index contributed by atoms with van der Waals surface area (Å²) in [7, 11) is 0. The van der Waals surface area contributed by atoms with E-state index in [1.165, 1.54) is 36.4 Å². The molecule has 2 aromatic carbocycles. The van der Waals surface area contributed by atoms with Crippen LogP contribution in [0.5, 0.6) is 0 Å². The number of anilines is 1. The average molecular weight is 415 g/mol. The summed E-state index contributed by atoms with van der Waals surface area (Å²) >= 11 is 0. The molecule has 2 N–H and O–H groups in total. The summed E-state index contributed by atoms with van der Waals surface area (Å²) < 4.78 is 29.7. The van der Waals surface area contributed by atoms with Gasteiger partial charge in [0.2, 0.25) is 0 Å². The Morgan fingerprint density at radius 3 is 2.48 bits per heavy atom. The van der Waals surface area contributed by atoms with Crippen molar-refractivity contribution in [3.8, 4) is 22.4 Å². The maximum Gasteiger partial charge on any atom is 0.258 e. The number of nitrogens with zero attached hydrogens (tertiary/aromatic N) is 3. The van der Waals surface area contributed by atoms with E-state index in [1.807, 2.05) is 22.7 Å². The van der Waals surface area contributed by atoms with Gasteiger partial charge in [-0.2, -0.15) is 5.10 Å². The Morgan fingerprint density at radius 2 is 1.74 bits per heavy atom. The van der Waals surface area contributed by atoms with E-state index in [2.05, 4.69) is 20.5 Å². The summed E-state index contributed by atoms with van der Waals surface area (Å²) in [6.45, 7) is 0. The van der Waals surface area contributed by atoms with Gasteiger partial charge in [-0.1, -0.05) is 6.07 Å². The highest BCUT2D eigenvalue weighted by molar-refractivity contribution is 6.04. The molecule has 0 saturated carbocycles. The number of H-pyrrole nitrogens is 1. The number of fused-ring (bicyclic) bond motifs is 1. The molecule has 3 aromatic heterocycles. The molecule has 0 saturated heterocycles. The summed E-state index contributed by atoms with van der Waals surface area (Å²) in [4.78, 5) is 16.8. The second-order valence-corrected chi connectivity index (χ2v) is 6.93. The molecule has 0 aliphatic carbocycles. The second kappa shape index (κ2) is 7.49. The first kappa shape index (κ1) is 18.7. The minimum atomic E-state index is -0.668. The van der Waals surface area contributed by atoms with Crippen LogP contribution in [0, 0.1) is 11.6 Å². The largest absolute Gasteiger partial charge is 0.322 e. The molecule has 3 heterocycles. The number of halogens is 2. The lowest BCUT2D eigenvalue weighted by atomic mass is 10.1. The first-order valence-corrected chi connectivity index (χ1v) is 9.41. The van der Waals surface area contributed by atoms with Crippen LogP contribution in [0.4, 0.5) is 14.5 Å². The smallest absolute Gasteiger partial charge is 0.258 e. The van der Waals surface area contributed by atoms with Crippen molar-refractivity contribution >= 4 is 17.2 Å². The number of pyridine rings is 1. The molecule has 0 atom stereocenters. The molecule has 8 heteroatoms. The van der Waals surface area contributed by atoms with Crippen molar-refractivity contribution < 1.29 is 13.6 Å². The Labute approximate surface area is 175 Å². The van der Waals surface area contributed by atoms with Crippen LogP contribution in [0.2, 0.25) is 0 Å². The lowest BCUT2D eigenvalue weighted by Gasteiger charge is -2.08. The van der Waals surface area contributed by atoms with Gasteiger partial charge in [0.15, 0.2) is 0 Å². The highest BCUT2D eigenvalue weighted by Crippen LogP contribution is 2.26. The Hall–Kier alpha value is -4.33. The van der Waals surface area contributed by atoms with Gasteiger partial charge in [-0.15, -0.1) is 0 Å². The number of carbonyl (C=O) groups is 1. The minimum Gasteiger partial charge on any atom is -0.322 e. The first-order valence-electron chi connectivity index (χ1n) is 9.41. The zero-order valence-corrected chi connectivity index (χ0v) is 16.0. The van der Waals surface area contributed by atoms with Crippen molar-refractivity contribution in [1.29, 1.82) is 0 Å². The van der Waals surface area contributed by atoms with Gasteiger partial charge >= 0.3 is 0 Å². The highest BCUT2D eigenvalue weighted by atomic mass is 19.1. The Balaban J connectivity index is 1.47. The fourth-order valence-electron chi connectivity index (χ4n) is 3.36. The fourth-order valence-corrected chi connectivity index (χ4v) is 3.36. The molecule has 0 bridgehead atoms. The van der Waals surface area contributed by atoms with E-state index in [-0.39, 0.29) is 5.56 Å². The number of amides is 1. The topological polar surface area (TPSA) is 75.1 Å². The zero-order chi connectivity index (χ0) is 21.4. The molecular formula is C23H15F2N5O. The second-order valence-electron chi connectivity index (χ2n) is 6.93. The van der Waals surface area contributed by atoms with E-state index in [4.69, 9.17) is 0 Å². The Morgan fingerprint density at radius 1 is 0.935 bits per heavy atom. The molecule has 0 radical (unpaired) electrons. The van der Waals surface area contributed by atoms with Crippen LogP contribution in [-0.2, 0) is 0 Å². The fraction of sp³-hybridized carbons (Fsp3) is 0. The number of benzene rings is 2. The van der Waals surface area contributed by atoms with Crippen molar-refractivity contribution in [3.63, 3.8) is 0 Å². The van der Waals surface area contributed by atoms with E-state index in [1.54, 1.807) is 24.7 Å². The summed E-state index contributed by atoms with van der Waals surface area (Å²) in [5.74, 6) is -1.70. The number of hydrogen-bond acceptors (Lipinski definition) is 3. The summed E-state index contributed by atoms with van der Waals surface area (Å²) in [6, 6.07) is 13.4. The number of imidazole rings is 1. The van der Waals surface area contributed by atoms with Crippen LogP contribution in [0.3, 0.4) is 0 Å². The van der Waals surface area contributed by atoms with Gasteiger partial charge in [0.05, 0.1) is 23.7 Å². The number of rotatable bonds is 4. The van der Waals surface area contributed by atoms with Crippen LogP contribution in [0.25, 0.3) is 28.0 Å². The molecule has 0 spiro atoms.